The molecule has 1 saturated heterocycles. The van der Waals surface area contributed by atoms with Crippen molar-refractivity contribution in [3.63, 3.8) is 0 Å². The Morgan fingerprint density at radius 3 is 2.50 bits per heavy atom. The van der Waals surface area contributed by atoms with Crippen molar-refractivity contribution in [2.24, 2.45) is 5.92 Å². The Bertz CT molecular complexity index is 349. The molecule has 1 aromatic carbocycles. The lowest BCUT2D eigenvalue weighted by atomic mass is 10.1. The quantitative estimate of drug-likeness (QED) is 0.785. The van der Waals surface area contributed by atoms with E-state index in [1.165, 1.54) is 0 Å². The Hall–Kier alpha value is -0.900. The summed E-state index contributed by atoms with van der Waals surface area (Å²) in [6.07, 6.45) is -0.0284. The van der Waals surface area contributed by atoms with Gasteiger partial charge in [0.05, 0.1) is 12.2 Å². The highest BCUT2D eigenvalue weighted by Gasteiger charge is 2.49. The van der Waals surface area contributed by atoms with Gasteiger partial charge in [0.1, 0.15) is 6.10 Å². The first-order chi connectivity index (χ1) is 7.75. The Balaban J connectivity index is 1.79. The van der Waals surface area contributed by atoms with E-state index in [-0.39, 0.29) is 24.6 Å². The molecule has 16 heavy (non-hydrogen) atoms. The van der Waals surface area contributed by atoms with Crippen LogP contribution in [0.25, 0.3) is 0 Å². The van der Waals surface area contributed by atoms with Gasteiger partial charge in [-0.3, -0.25) is 0 Å². The largest absolute Gasteiger partial charge is 0.390 e. The Kier molecular flexibility index (Phi) is 2.46. The average molecular weight is 220 g/mol. The van der Waals surface area contributed by atoms with Crippen molar-refractivity contribution in [3.8, 4) is 0 Å². The van der Waals surface area contributed by atoms with Crippen LogP contribution >= 0.6 is 0 Å². The zero-order chi connectivity index (χ0) is 11.1. The molecule has 3 nitrogen and oxygen atoms in total. The molecular weight excluding hydrogens is 204 g/mol. The third-order valence-electron chi connectivity index (χ3n) is 3.51. The lowest BCUT2D eigenvalue weighted by Gasteiger charge is -2.14. The molecule has 1 aliphatic heterocycles. The van der Waals surface area contributed by atoms with Crippen LogP contribution in [-0.4, -0.2) is 23.4 Å². The third-order valence-corrected chi connectivity index (χ3v) is 3.51. The zero-order valence-electron chi connectivity index (χ0n) is 9.24. The molecule has 0 aromatic heterocycles. The predicted molar refractivity (Wildman–Crippen MR) is 58.7 cm³/mol. The third kappa shape index (κ3) is 1.56. The van der Waals surface area contributed by atoms with E-state index in [1.807, 2.05) is 30.3 Å². The predicted octanol–water partition coefficient (Wildman–Crippen LogP) is 1.87. The van der Waals surface area contributed by atoms with Crippen LogP contribution in [0.5, 0.6) is 0 Å². The first-order valence-electron chi connectivity index (χ1n) is 5.79. The van der Waals surface area contributed by atoms with Gasteiger partial charge >= 0.3 is 0 Å². The topological polar surface area (TPSA) is 38.7 Å². The summed E-state index contributed by atoms with van der Waals surface area (Å²) in [5.41, 5.74) is 1.02. The molecule has 0 spiro atoms. The maximum absolute atomic E-state index is 9.83. The summed E-state index contributed by atoms with van der Waals surface area (Å²) in [6, 6.07) is 9.88. The van der Waals surface area contributed by atoms with Crippen molar-refractivity contribution in [1.29, 1.82) is 0 Å². The fraction of sp³-hybridized carbons (Fsp3) is 0.538. The Morgan fingerprint density at radius 1 is 1.12 bits per heavy atom. The summed E-state index contributed by atoms with van der Waals surface area (Å²) in [5.74, 6) is 0.369. The molecule has 86 valence electrons. The number of benzene rings is 1. The highest BCUT2D eigenvalue weighted by Crippen LogP contribution is 2.42. The molecule has 0 unspecified atom stereocenters. The number of ether oxygens (including phenoxy) is 2. The minimum atomic E-state index is -0.381. The van der Waals surface area contributed by atoms with Gasteiger partial charge in [0, 0.05) is 5.56 Å². The molecule has 3 heteroatoms. The Morgan fingerprint density at radius 2 is 1.81 bits per heavy atom. The summed E-state index contributed by atoms with van der Waals surface area (Å²) in [4.78, 5) is 0. The fourth-order valence-electron chi connectivity index (χ4n) is 2.66. The highest BCUT2D eigenvalue weighted by molar-refractivity contribution is 5.17. The van der Waals surface area contributed by atoms with Crippen LogP contribution in [0.4, 0.5) is 0 Å². The lowest BCUT2D eigenvalue weighted by Crippen LogP contribution is -2.27. The van der Waals surface area contributed by atoms with E-state index in [0.717, 1.165) is 12.0 Å². The van der Waals surface area contributed by atoms with Gasteiger partial charge in [-0.05, 0) is 12.3 Å². The van der Waals surface area contributed by atoms with Crippen LogP contribution in [0.2, 0.25) is 0 Å². The van der Waals surface area contributed by atoms with Crippen LogP contribution in [0.3, 0.4) is 0 Å². The average Bonchev–Trinajstić information content (AvgIpc) is 2.83. The SMILES string of the molecule is C[C@@H]1C[C@@H](O)[C@H]2O[C@H](c3ccccc3)O[C@H]21. The molecule has 0 radical (unpaired) electrons. The van der Waals surface area contributed by atoms with Crippen molar-refractivity contribution in [3.05, 3.63) is 35.9 Å². The van der Waals surface area contributed by atoms with Gasteiger partial charge in [0.2, 0.25) is 0 Å². The van der Waals surface area contributed by atoms with Gasteiger partial charge < -0.3 is 14.6 Å². The Labute approximate surface area is 95.0 Å². The number of rotatable bonds is 1. The van der Waals surface area contributed by atoms with E-state index in [2.05, 4.69) is 6.92 Å². The maximum atomic E-state index is 9.83. The van der Waals surface area contributed by atoms with E-state index in [0.29, 0.717) is 5.92 Å². The van der Waals surface area contributed by atoms with E-state index in [9.17, 15) is 5.11 Å². The summed E-state index contributed by atoms with van der Waals surface area (Å²) in [5, 5.41) is 9.83. The van der Waals surface area contributed by atoms with Crippen molar-refractivity contribution in [2.45, 2.75) is 37.9 Å². The fourth-order valence-corrected chi connectivity index (χ4v) is 2.66. The minimum absolute atomic E-state index is 0.0419. The second kappa shape index (κ2) is 3.84. The van der Waals surface area contributed by atoms with Crippen molar-refractivity contribution in [1.82, 2.24) is 0 Å². The molecule has 0 amide bonds. The monoisotopic (exact) mass is 220 g/mol. The molecule has 1 heterocycles. The van der Waals surface area contributed by atoms with E-state index < -0.39 is 0 Å². The summed E-state index contributed by atoms with van der Waals surface area (Å²) >= 11 is 0. The van der Waals surface area contributed by atoms with Gasteiger partial charge in [0.25, 0.3) is 0 Å². The molecular formula is C13H16O3. The summed E-state index contributed by atoms with van der Waals surface area (Å²) in [6.45, 7) is 2.10. The van der Waals surface area contributed by atoms with Gasteiger partial charge in [-0.2, -0.15) is 0 Å². The zero-order valence-corrected chi connectivity index (χ0v) is 9.24. The maximum Gasteiger partial charge on any atom is 0.184 e. The first kappa shape index (κ1) is 10.3. The number of hydrogen-bond donors (Lipinski definition) is 1. The van der Waals surface area contributed by atoms with Crippen molar-refractivity contribution < 1.29 is 14.6 Å². The molecule has 1 aliphatic carbocycles. The van der Waals surface area contributed by atoms with Crippen LogP contribution in [0, 0.1) is 5.92 Å². The first-order valence-corrected chi connectivity index (χ1v) is 5.79. The molecule has 1 N–H and O–H groups in total. The van der Waals surface area contributed by atoms with E-state index in [4.69, 9.17) is 9.47 Å². The minimum Gasteiger partial charge on any atom is -0.390 e. The molecule has 1 saturated carbocycles. The summed E-state index contributed by atoms with van der Waals surface area (Å²) < 4.78 is 11.7. The molecule has 2 aliphatic rings. The molecule has 3 rings (SSSR count). The van der Waals surface area contributed by atoms with Crippen LogP contribution in [-0.2, 0) is 9.47 Å². The number of aliphatic hydroxyl groups is 1. The second-order valence-electron chi connectivity index (χ2n) is 4.72. The number of hydrogen-bond acceptors (Lipinski definition) is 3. The van der Waals surface area contributed by atoms with E-state index in [1.54, 1.807) is 0 Å². The van der Waals surface area contributed by atoms with Gasteiger partial charge in [-0.1, -0.05) is 37.3 Å². The molecule has 5 atom stereocenters. The van der Waals surface area contributed by atoms with Gasteiger partial charge in [0.15, 0.2) is 6.29 Å². The number of fused-ring (bicyclic) bond motifs is 1. The van der Waals surface area contributed by atoms with Crippen LogP contribution < -0.4 is 0 Å². The standard InChI is InChI=1S/C13H16O3/c1-8-7-10(14)12-11(8)15-13(16-12)9-5-3-2-4-6-9/h2-6,8,10-14H,7H2,1H3/t8-,10-,11+,12-,13-/m1/s1. The van der Waals surface area contributed by atoms with Crippen molar-refractivity contribution >= 4 is 0 Å². The second-order valence-corrected chi connectivity index (χ2v) is 4.72. The van der Waals surface area contributed by atoms with E-state index >= 15 is 0 Å². The molecule has 0 bridgehead atoms. The van der Waals surface area contributed by atoms with Crippen molar-refractivity contribution in [2.75, 3.05) is 0 Å². The molecule has 2 fully saturated rings. The van der Waals surface area contributed by atoms with Gasteiger partial charge in [-0.25, -0.2) is 0 Å². The van der Waals surface area contributed by atoms with Crippen LogP contribution in [0.1, 0.15) is 25.2 Å². The number of aliphatic hydroxyl groups excluding tert-OH is 1. The van der Waals surface area contributed by atoms with Crippen LogP contribution in [0.15, 0.2) is 30.3 Å². The molecule has 1 aromatic rings. The highest BCUT2D eigenvalue weighted by atomic mass is 16.7. The van der Waals surface area contributed by atoms with Gasteiger partial charge in [-0.15, -0.1) is 0 Å². The summed E-state index contributed by atoms with van der Waals surface area (Å²) in [7, 11) is 0. The normalized spacial score (nSPS) is 42.2. The lowest BCUT2D eigenvalue weighted by molar-refractivity contribution is -0.0980. The smallest absolute Gasteiger partial charge is 0.184 e.